The monoisotopic (exact) mass is 412 g/mol. The van der Waals surface area contributed by atoms with Gasteiger partial charge in [-0.05, 0) is 70.1 Å². The van der Waals surface area contributed by atoms with Gasteiger partial charge < -0.3 is 10.2 Å². The number of carbonyl (C=O) groups is 1. The summed E-state index contributed by atoms with van der Waals surface area (Å²) in [4.78, 5) is 19.9. The first-order valence-corrected chi connectivity index (χ1v) is 10.1. The minimum Gasteiger partial charge on any atom is -0.336 e. The fraction of sp³-hybridized carbons (Fsp3) is 0.474. The molecular weight excluding hydrogens is 389 g/mol. The lowest BCUT2D eigenvalue weighted by molar-refractivity contribution is -0.137. The average Bonchev–Trinajstić information content (AvgIpc) is 3.28. The van der Waals surface area contributed by atoms with E-state index in [-0.39, 0.29) is 0 Å². The van der Waals surface area contributed by atoms with Crippen LogP contribution in [0.5, 0.6) is 0 Å². The van der Waals surface area contributed by atoms with E-state index in [4.69, 9.17) is 0 Å². The van der Waals surface area contributed by atoms with Crippen molar-refractivity contribution >= 4 is 17.4 Å². The summed E-state index contributed by atoms with van der Waals surface area (Å²) in [6.07, 6.45) is 0.721. The van der Waals surface area contributed by atoms with Gasteiger partial charge in [-0.1, -0.05) is 0 Å². The van der Waals surface area contributed by atoms with Crippen molar-refractivity contribution in [2.24, 2.45) is 4.99 Å². The quantitative estimate of drug-likeness (QED) is 0.756. The van der Waals surface area contributed by atoms with E-state index in [1.54, 1.807) is 10.8 Å². The summed E-state index contributed by atoms with van der Waals surface area (Å²) in [5.74, 6) is 0. The largest absolute Gasteiger partial charge is 0.416 e. The van der Waals surface area contributed by atoms with E-state index in [1.807, 2.05) is 6.92 Å². The van der Waals surface area contributed by atoms with Crippen LogP contribution in [0.25, 0.3) is 5.69 Å². The summed E-state index contributed by atoms with van der Waals surface area (Å²) in [6.45, 7) is 5.62. The maximum atomic E-state index is 12.7. The van der Waals surface area contributed by atoms with Gasteiger partial charge in [0, 0.05) is 23.3 Å². The van der Waals surface area contributed by atoms with Gasteiger partial charge in [0.1, 0.15) is 0 Å². The Labute approximate surface area is 165 Å². The van der Waals surface area contributed by atoms with Crippen LogP contribution in [0.4, 0.5) is 18.0 Å². The van der Waals surface area contributed by atoms with E-state index in [9.17, 15) is 18.0 Å². The zero-order chi connectivity index (χ0) is 20.1. The molecule has 0 aliphatic carbocycles. The molecule has 3 rings (SSSR count). The number of aryl methyl sites for hydroxylation is 1. The molecule has 2 heterocycles. The van der Waals surface area contributed by atoms with Crippen LogP contribution in [0.15, 0.2) is 35.5 Å². The van der Waals surface area contributed by atoms with Gasteiger partial charge >= 0.3 is 12.2 Å². The number of alkyl halides is 3. The van der Waals surface area contributed by atoms with Gasteiger partial charge in [-0.3, -0.25) is 4.57 Å². The lowest BCUT2D eigenvalue weighted by Gasteiger charge is -2.13. The van der Waals surface area contributed by atoms with Gasteiger partial charge in [0.05, 0.1) is 5.56 Å². The van der Waals surface area contributed by atoms with Crippen LogP contribution in [0.3, 0.4) is 0 Å². The number of thiazole rings is 1. The van der Waals surface area contributed by atoms with E-state index in [1.165, 1.54) is 36.3 Å². The average molecular weight is 412 g/mol. The third-order valence-electron chi connectivity index (χ3n) is 4.57. The Balaban J connectivity index is 1.66. The number of aromatic nitrogens is 1. The Morgan fingerprint density at radius 2 is 1.89 bits per heavy atom. The van der Waals surface area contributed by atoms with Crippen LogP contribution < -0.4 is 10.1 Å². The SMILES string of the molecule is Cc1cn(-c2ccc(C(F)(F)F)cc2)c(=NC(=O)NCCCN2CCCC2)s1. The number of halogens is 3. The summed E-state index contributed by atoms with van der Waals surface area (Å²) in [5.41, 5.74) is -0.184. The maximum Gasteiger partial charge on any atom is 0.416 e. The fourth-order valence-corrected chi connectivity index (χ4v) is 3.99. The van der Waals surface area contributed by atoms with Crippen LogP contribution in [-0.4, -0.2) is 41.7 Å². The molecule has 152 valence electrons. The van der Waals surface area contributed by atoms with Gasteiger partial charge in [0.2, 0.25) is 0 Å². The molecule has 1 N–H and O–H groups in total. The molecule has 0 saturated carbocycles. The number of benzene rings is 1. The zero-order valence-electron chi connectivity index (χ0n) is 15.6. The van der Waals surface area contributed by atoms with Gasteiger partial charge in [-0.15, -0.1) is 11.3 Å². The molecular formula is C19H23F3N4OS. The standard InChI is InChI=1S/C19H23F3N4OS/c1-14-13-26(16-7-5-15(6-8-16)19(20,21)22)18(28-14)24-17(27)23-9-4-12-25-10-2-3-11-25/h5-8,13H,2-4,9-12H2,1H3,(H,23,27). The highest BCUT2D eigenvalue weighted by atomic mass is 32.1. The van der Waals surface area contributed by atoms with Crippen molar-refractivity contribution < 1.29 is 18.0 Å². The van der Waals surface area contributed by atoms with Crippen molar-refractivity contribution in [1.82, 2.24) is 14.8 Å². The highest BCUT2D eigenvalue weighted by Crippen LogP contribution is 2.29. The van der Waals surface area contributed by atoms with Crippen molar-refractivity contribution in [2.45, 2.75) is 32.4 Å². The number of amides is 2. The lowest BCUT2D eigenvalue weighted by atomic mass is 10.2. The first-order valence-electron chi connectivity index (χ1n) is 9.24. The number of nitrogens with zero attached hydrogens (tertiary/aromatic N) is 3. The van der Waals surface area contributed by atoms with E-state index in [0.717, 1.165) is 43.1 Å². The second-order valence-electron chi connectivity index (χ2n) is 6.79. The van der Waals surface area contributed by atoms with E-state index >= 15 is 0 Å². The van der Waals surface area contributed by atoms with Crippen LogP contribution in [0.1, 0.15) is 29.7 Å². The smallest absolute Gasteiger partial charge is 0.336 e. The second-order valence-corrected chi connectivity index (χ2v) is 8.00. The molecule has 0 spiro atoms. The molecule has 1 aliphatic rings. The van der Waals surface area contributed by atoms with Gasteiger partial charge in [-0.2, -0.15) is 18.2 Å². The van der Waals surface area contributed by atoms with Gasteiger partial charge in [0.15, 0.2) is 4.80 Å². The predicted molar refractivity (Wildman–Crippen MR) is 103 cm³/mol. The number of urea groups is 1. The zero-order valence-corrected chi connectivity index (χ0v) is 16.4. The molecule has 0 radical (unpaired) electrons. The van der Waals surface area contributed by atoms with Crippen LogP contribution >= 0.6 is 11.3 Å². The fourth-order valence-electron chi connectivity index (χ4n) is 3.16. The highest BCUT2D eigenvalue weighted by molar-refractivity contribution is 7.09. The molecule has 1 aliphatic heterocycles. The number of likely N-dealkylation sites (tertiary alicyclic amines) is 1. The number of nitrogens with one attached hydrogen (secondary N) is 1. The van der Waals surface area contributed by atoms with Crippen molar-refractivity contribution in [2.75, 3.05) is 26.2 Å². The summed E-state index contributed by atoms with van der Waals surface area (Å²) in [5, 5.41) is 2.78. The molecule has 9 heteroatoms. The number of hydrogen-bond donors (Lipinski definition) is 1. The molecule has 0 atom stereocenters. The molecule has 2 amide bonds. The Morgan fingerprint density at radius 3 is 2.54 bits per heavy atom. The summed E-state index contributed by atoms with van der Waals surface area (Å²) >= 11 is 1.31. The van der Waals surface area contributed by atoms with Gasteiger partial charge in [-0.25, -0.2) is 4.79 Å². The Kier molecular flexibility index (Phi) is 6.56. The van der Waals surface area contributed by atoms with E-state index in [2.05, 4.69) is 15.2 Å². The normalized spacial score (nSPS) is 15.9. The number of hydrogen-bond acceptors (Lipinski definition) is 3. The van der Waals surface area contributed by atoms with Crippen molar-refractivity contribution in [1.29, 1.82) is 0 Å². The summed E-state index contributed by atoms with van der Waals surface area (Å²) < 4.78 is 39.9. The van der Waals surface area contributed by atoms with Crippen molar-refractivity contribution in [3.8, 4) is 5.69 Å². The molecule has 0 bridgehead atoms. The molecule has 1 aromatic carbocycles. The molecule has 1 aromatic heterocycles. The van der Waals surface area contributed by atoms with Crippen molar-refractivity contribution in [3.05, 3.63) is 45.7 Å². The number of carbonyl (C=O) groups excluding carboxylic acids is 1. The van der Waals surface area contributed by atoms with Crippen LogP contribution in [-0.2, 0) is 6.18 Å². The minimum atomic E-state index is -4.38. The minimum absolute atomic E-state index is 0.425. The van der Waals surface area contributed by atoms with Gasteiger partial charge in [0.25, 0.3) is 0 Å². The summed E-state index contributed by atoms with van der Waals surface area (Å²) in [6, 6.07) is 4.36. The third-order valence-corrected chi connectivity index (χ3v) is 5.46. The van der Waals surface area contributed by atoms with Crippen molar-refractivity contribution in [3.63, 3.8) is 0 Å². The molecule has 2 aromatic rings. The predicted octanol–water partition coefficient (Wildman–Crippen LogP) is 3.96. The third kappa shape index (κ3) is 5.45. The molecule has 28 heavy (non-hydrogen) atoms. The first-order chi connectivity index (χ1) is 13.3. The first kappa shape index (κ1) is 20.6. The molecule has 5 nitrogen and oxygen atoms in total. The van der Waals surface area contributed by atoms with E-state index in [0.29, 0.717) is 17.0 Å². The van der Waals surface area contributed by atoms with Crippen LogP contribution in [0.2, 0.25) is 0 Å². The number of rotatable bonds is 5. The Morgan fingerprint density at radius 1 is 1.21 bits per heavy atom. The maximum absolute atomic E-state index is 12.7. The topological polar surface area (TPSA) is 49.6 Å². The molecule has 1 saturated heterocycles. The molecule has 0 unspecified atom stereocenters. The van der Waals surface area contributed by atoms with E-state index < -0.39 is 17.8 Å². The highest BCUT2D eigenvalue weighted by Gasteiger charge is 2.30. The Hall–Kier alpha value is -2.13. The van der Waals surface area contributed by atoms with Crippen LogP contribution in [0, 0.1) is 6.92 Å². The molecule has 1 fully saturated rings. The summed E-state index contributed by atoms with van der Waals surface area (Å²) in [7, 11) is 0. The second kappa shape index (κ2) is 8.91. The Bertz CT molecular complexity index is 865. The lowest BCUT2D eigenvalue weighted by Crippen LogP contribution is -2.28.